The van der Waals surface area contributed by atoms with Gasteiger partial charge in [-0.3, -0.25) is 4.79 Å². The number of hydrogen-bond acceptors (Lipinski definition) is 4. The van der Waals surface area contributed by atoms with Crippen LogP contribution in [0.3, 0.4) is 0 Å². The van der Waals surface area contributed by atoms with Crippen molar-refractivity contribution < 1.29 is 9.21 Å². The molecule has 0 radical (unpaired) electrons. The molecule has 2 heterocycles. The number of hydrogen-bond donors (Lipinski definition) is 1. The van der Waals surface area contributed by atoms with Crippen LogP contribution >= 0.6 is 11.6 Å². The van der Waals surface area contributed by atoms with Crippen molar-refractivity contribution in [2.24, 2.45) is 0 Å². The number of nitrogens with one attached hydrogen (secondary N) is 1. The van der Waals surface area contributed by atoms with Gasteiger partial charge in [-0.25, -0.2) is 0 Å². The van der Waals surface area contributed by atoms with Crippen LogP contribution in [0.2, 0.25) is 5.02 Å². The van der Waals surface area contributed by atoms with Gasteiger partial charge < -0.3 is 14.3 Å². The van der Waals surface area contributed by atoms with Gasteiger partial charge in [0.25, 0.3) is 5.89 Å². The second kappa shape index (κ2) is 6.37. The number of benzene rings is 1. The Morgan fingerprint density at radius 3 is 2.96 bits per heavy atom. The maximum absolute atomic E-state index is 12.3. The molecule has 1 N–H and O–H groups in total. The maximum Gasteiger partial charge on any atom is 0.264 e. The van der Waals surface area contributed by atoms with Crippen molar-refractivity contribution >= 4 is 23.2 Å². The Labute approximate surface area is 149 Å². The molecule has 1 aliphatic rings. The smallest absolute Gasteiger partial charge is 0.264 e. The summed E-state index contributed by atoms with van der Waals surface area (Å²) >= 11 is 6.09. The minimum absolute atomic E-state index is 0.148. The number of anilines is 1. The lowest BCUT2D eigenvalue weighted by molar-refractivity contribution is -0.116. The first-order chi connectivity index (χ1) is 12.1. The Morgan fingerprint density at radius 2 is 2.20 bits per heavy atom. The number of halogens is 1. The Bertz CT molecular complexity index is 927. The molecule has 7 heteroatoms. The number of rotatable bonds is 5. The summed E-state index contributed by atoms with van der Waals surface area (Å²) in [5, 5.41) is 11.7. The summed E-state index contributed by atoms with van der Waals surface area (Å²) in [4.78, 5) is 12.3. The highest BCUT2D eigenvalue weighted by Crippen LogP contribution is 2.39. The predicted octanol–water partition coefficient (Wildman–Crippen LogP) is 4.02. The highest BCUT2D eigenvalue weighted by atomic mass is 35.5. The normalized spacial score (nSPS) is 13.8. The van der Waals surface area contributed by atoms with Crippen molar-refractivity contribution in [3.63, 3.8) is 0 Å². The van der Waals surface area contributed by atoms with E-state index >= 15 is 0 Å². The van der Waals surface area contributed by atoms with E-state index in [1.54, 1.807) is 10.6 Å². The fraction of sp³-hybridized carbons (Fsp3) is 0.278. The van der Waals surface area contributed by atoms with E-state index < -0.39 is 0 Å². The highest BCUT2D eigenvalue weighted by Gasteiger charge is 2.30. The molecule has 1 aromatic carbocycles. The zero-order chi connectivity index (χ0) is 17.4. The van der Waals surface area contributed by atoms with Crippen molar-refractivity contribution in [3.05, 3.63) is 53.0 Å². The molecule has 3 aromatic rings. The molecule has 0 aliphatic heterocycles. The van der Waals surface area contributed by atoms with Gasteiger partial charge in [0.2, 0.25) is 11.8 Å². The molecule has 0 saturated heterocycles. The first-order valence-corrected chi connectivity index (χ1v) is 8.53. The van der Waals surface area contributed by atoms with Crippen LogP contribution in [0.5, 0.6) is 0 Å². The first-order valence-electron chi connectivity index (χ1n) is 8.15. The molecule has 128 valence electrons. The zero-order valence-electron chi connectivity index (χ0n) is 13.7. The number of aryl methyl sites for hydroxylation is 1. The van der Waals surface area contributed by atoms with E-state index in [0.717, 1.165) is 24.1 Å². The van der Waals surface area contributed by atoms with Crippen LogP contribution in [0.25, 0.3) is 11.6 Å². The first kappa shape index (κ1) is 15.9. The lowest BCUT2D eigenvalue weighted by Crippen LogP contribution is -2.18. The third kappa shape index (κ3) is 3.44. The summed E-state index contributed by atoms with van der Waals surface area (Å²) in [6, 6.07) is 9.16. The van der Waals surface area contributed by atoms with Crippen LogP contribution in [0.1, 0.15) is 30.2 Å². The molecule has 0 spiro atoms. The van der Waals surface area contributed by atoms with Gasteiger partial charge in [-0.2, -0.15) is 0 Å². The van der Waals surface area contributed by atoms with E-state index in [1.807, 2.05) is 37.4 Å². The second-order valence-electron chi connectivity index (χ2n) is 6.25. The predicted molar refractivity (Wildman–Crippen MR) is 94.5 cm³/mol. The molecule has 4 rings (SSSR count). The molecule has 1 amide bonds. The fourth-order valence-electron chi connectivity index (χ4n) is 2.61. The summed E-state index contributed by atoms with van der Waals surface area (Å²) < 4.78 is 7.52. The van der Waals surface area contributed by atoms with Gasteiger partial charge in [-0.15, -0.1) is 10.2 Å². The average molecular weight is 357 g/mol. The van der Waals surface area contributed by atoms with Gasteiger partial charge in [0.1, 0.15) is 12.2 Å². The number of carbonyl (C=O) groups excluding carboxylic acids is 1. The molecular weight excluding hydrogens is 340 g/mol. The molecule has 1 saturated carbocycles. The third-order valence-electron chi connectivity index (χ3n) is 4.19. The van der Waals surface area contributed by atoms with Gasteiger partial charge in [0.15, 0.2) is 0 Å². The van der Waals surface area contributed by atoms with Crippen LogP contribution in [0.15, 0.2) is 40.9 Å². The van der Waals surface area contributed by atoms with Crippen molar-refractivity contribution in [1.29, 1.82) is 0 Å². The SMILES string of the molecule is Cc1ccc(NC(=O)Cn2cccc2-c2nnc(C3CC3)o2)cc1Cl. The monoisotopic (exact) mass is 356 g/mol. The molecule has 1 aliphatic carbocycles. The van der Waals surface area contributed by atoms with Crippen LogP contribution in [-0.4, -0.2) is 20.7 Å². The van der Waals surface area contributed by atoms with Crippen molar-refractivity contribution in [2.45, 2.75) is 32.2 Å². The van der Waals surface area contributed by atoms with Gasteiger partial charge in [0, 0.05) is 22.8 Å². The number of amides is 1. The van der Waals surface area contributed by atoms with Crippen LogP contribution in [0, 0.1) is 6.92 Å². The average Bonchev–Trinajstić information content (AvgIpc) is 3.13. The summed E-state index contributed by atoms with van der Waals surface area (Å²) in [5.74, 6) is 1.37. The molecule has 0 atom stereocenters. The van der Waals surface area contributed by atoms with E-state index in [4.69, 9.17) is 16.0 Å². The Hall–Kier alpha value is -2.60. The van der Waals surface area contributed by atoms with E-state index in [-0.39, 0.29) is 12.5 Å². The third-order valence-corrected chi connectivity index (χ3v) is 4.59. The summed E-state index contributed by atoms with van der Waals surface area (Å²) in [6.45, 7) is 2.06. The number of nitrogens with zero attached hydrogens (tertiary/aromatic N) is 3. The number of carbonyl (C=O) groups is 1. The van der Waals surface area contributed by atoms with E-state index in [0.29, 0.717) is 28.4 Å². The Kier molecular flexibility index (Phi) is 4.05. The van der Waals surface area contributed by atoms with E-state index in [9.17, 15) is 4.79 Å². The van der Waals surface area contributed by atoms with Gasteiger partial charge in [-0.05, 0) is 49.6 Å². The maximum atomic E-state index is 12.3. The summed E-state index contributed by atoms with van der Waals surface area (Å²) in [6.07, 6.45) is 4.02. The molecule has 0 bridgehead atoms. The highest BCUT2D eigenvalue weighted by molar-refractivity contribution is 6.31. The molecular formula is C18H17ClN4O2. The molecule has 2 aromatic heterocycles. The minimum atomic E-state index is -0.153. The van der Waals surface area contributed by atoms with Gasteiger partial charge in [0.05, 0.1) is 0 Å². The van der Waals surface area contributed by atoms with Crippen molar-refractivity contribution in [3.8, 4) is 11.6 Å². The lowest BCUT2D eigenvalue weighted by atomic mass is 10.2. The Balaban J connectivity index is 1.48. The largest absolute Gasteiger partial charge is 0.419 e. The van der Waals surface area contributed by atoms with E-state index in [1.165, 1.54) is 0 Å². The Morgan fingerprint density at radius 1 is 1.36 bits per heavy atom. The second-order valence-corrected chi connectivity index (χ2v) is 6.66. The topological polar surface area (TPSA) is 73.0 Å². The van der Waals surface area contributed by atoms with Crippen LogP contribution in [-0.2, 0) is 11.3 Å². The van der Waals surface area contributed by atoms with Crippen molar-refractivity contribution in [2.75, 3.05) is 5.32 Å². The fourth-order valence-corrected chi connectivity index (χ4v) is 2.79. The zero-order valence-corrected chi connectivity index (χ0v) is 14.5. The lowest BCUT2D eigenvalue weighted by Gasteiger charge is -2.09. The number of aromatic nitrogens is 3. The van der Waals surface area contributed by atoms with Crippen LogP contribution in [0.4, 0.5) is 5.69 Å². The molecule has 0 unspecified atom stereocenters. The summed E-state index contributed by atoms with van der Waals surface area (Å²) in [7, 11) is 0. The molecule has 1 fully saturated rings. The quantitative estimate of drug-likeness (QED) is 0.749. The van der Waals surface area contributed by atoms with Crippen molar-refractivity contribution in [1.82, 2.24) is 14.8 Å². The van der Waals surface area contributed by atoms with E-state index in [2.05, 4.69) is 15.5 Å². The van der Waals surface area contributed by atoms with Gasteiger partial charge >= 0.3 is 0 Å². The summed E-state index contributed by atoms with van der Waals surface area (Å²) in [5.41, 5.74) is 2.37. The minimum Gasteiger partial charge on any atom is -0.419 e. The van der Waals surface area contributed by atoms with Crippen LogP contribution < -0.4 is 5.32 Å². The van der Waals surface area contributed by atoms with Gasteiger partial charge in [-0.1, -0.05) is 17.7 Å². The molecule has 25 heavy (non-hydrogen) atoms. The molecule has 6 nitrogen and oxygen atoms in total. The standard InChI is InChI=1S/C18H17ClN4O2/c1-11-4-7-13(9-14(11)19)20-16(24)10-23-8-2-3-15(23)18-22-21-17(25-18)12-5-6-12/h2-4,7-9,12H,5-6,10H2,1H3,(H,20,24).